The molecule has 2 N–H and O–H groups in total. The van der Waals surface area contributed by atoms with E-state index >= 15 is 0 Å². The molecule has 0 saturated heterocycles. The third kappa shape index (κ3) is 5.69. The minimum atomic E-state index is -1.25. The number of benzene rings is 2. The third-order valence-electron chi connectivity index (χ3n) is 7.04. The van der Waals surface area contributed by atoms with Gasteiger partial charge in [0.25, 0.3) is 0 Å². The van der Waals surface area contributed by atoms with Gasteiger partial charge >= 0.3 is 17.9 Å². The van der Waals surface area contributed by atoms with E-state index in [2.05, 4.69) is 4.98 Å². The fourth-order valence-electron chi connectivity index (χ4n) is 4.98. The Morgan fingerprint density at radius 1 is 0.833 bits per heavy atom. The number of ether oxygens (including phenoxy) is 3. The summed E-state index contributed by atoms with van der Waals surface area (Å²) in [5.74, 6) is -3.81. The zero-order chi connectivity index (χ0) is 30.7. The van der Waals surface area contributed by atoms with E-state index in [0.717, 1.165) is 16.7 Å². The van der Waals surface area contributed by atoms with Crippen molar-refractivity contribution in [2.45, 2.75) is 47.5 Å². The molecule has 0 aliphatic carbocycles. The fraction of sp³-hybridized carbons (Fsp3) is 0.312. The predicted molar refractivity (Wildman–Crippen MR) is 161 cm³/mol. The number of nitrogens with zero attached hydrogens (tertiary/aromatic N) is 2. The second kappa shape index (κ2) is 12.7. The molecule has 1 aromatic heterocycles. The number of hydrogen-bond donors (Lipinski definition) is 1. The van der Waals surface area contributed by atoms with Crippen molar-refractivity contribution in [1.29, 1.82) is 0 Å². The van der Waals surface area contributed by atoms with E-state index in [1.807, 2.05) is 45.0 Å². The second-order valence-corrected chi connectivity index (χ2v) is 10.2. The summed E-state index contributed by atoms with van der Waals surface area (Å²) in [7, 11) is 0. The summed E-state index contributed by atoms with van der Waals surface area (Å²) in [6.45, 7) is 10.8. The zero-order valence-corrected chi connectivity index (χ0v) is 25.3. The molecule has 0 spiro atoms. The van der Waals surface area contributed by atoms with Gasteiger partial charge in [-0.2, -0.15) is 0 Å². The lowest BCUT2D eigenvalue weighted by molar-refractivity contribution is -0.142. The second-order valence-electron chi connectivity index (χ2n) is 9.82. The molecular formula is C32H34ClN3O6. The van der Waals surface area contributed by atoms with Crippen LogP contribution in [0, 0.1) is 20.8 Å². The maximum absolute atomic E-state index is 13.9. The summed E-state index contributed by atoms with van der Waals surface area (Å²) in [5.41, 5.74) is 10.6. The summed E-state index contributed by atoms with van der Waals surface area (Å²) in [4.78, 5) is 47.2. The molecule has 1 unspecified atom stereocenters. The number of carbonyl (C=O) groups is 3. The number of fused-ring (bicyclic) bond motifs is 1. The summed E-state index contributed by atoms with van der Waals surface area (Å²) < 4.78 is 16.4. The highest BCUT2D eigenvalue weighted by molar-refractivity contribution is 6.31. The smallest absolute Gasteiger partial charge is 0.355 e. The van der Waals surface area contributed by atoms with Crippen LogP contribution in [-0.4, -0.2) is 42.7 Å². The maximum atomic E-state index is 13.9. The monoisotopic (exact) mass is 591 g/mol. The molecule has 4 rings (SSSR count). The van der Waals surface area contributed by atoms with Crippen LogP contribution in [0.15, 0.2) is 65.1 Å². The van der Waals surface area contributed by atoms with Gasteiger partial charge in [-0.15, -0.1) is 0 Å². The number of halogens is 1. The number of hydrogen-bond acceptors (Lipinski definition) is 9. The predicted octanol–water partition coefficient (Wildman–Crippen LogP) is 5.53. The molecule has 0 amide bonds. The van der Waals surface area contributed by atoms with Crippen LogP contribution in [0.1, 0.15) is 48.9 Å². The van der Waals surface area contributed by atoms with Gasteiger partial charge in [-0.1, -0.05) is 29.3 Å². The SMILES string of the molecule is CCOC(=O)C1=C(N)N(c2ccc(C)c(C)c2)C(C(=O)OCC)=C(C(=O)OCC)C1c1cc2cc(C)ccc2nc1Cl. The third-order valence-corrected chi connectivity index (χ3v) is 7.35. The molecule has 3 aromatic rings. The van der Waals surface area contributed by atoms with Crippen molar-refractivity contribution in [1.82, 2.24) is 4.98 Å². The molecule has 220 valence electrons. The highest BCUT2D eigenvalue weighted by Gasteiger charge is 2.46. The number of anilines is 1. The number of aromatic nitrogens is 1. The van der Waals surface area contributed by atoms with Crippen molar-refractivity contribution in [3.05, 3.63) is 92.5 Å². The molecule has 2 aromatic carbocycles. The van der Waals surface area contributed by atoms with Crippen molar-refractivity contribution in [2.24, 2.45) is 5.73 Å². The van der Waals surface area contributed by atoms with Crippen LogP contribution in [0.4, 0.5) is 5.69 Å². The van der Waals surface area contributed by atoms with Crippen LogP contribution in [0.5, 0.6) is 0 Å². The van der Waals surface area contributed by atoms with E-state index in [0.29, 0.717) is 16.6 Å². The van der Waals surface area contributed by atoms with Crippen LogP contribution in [0.3, 0.4) is 0 Å². The van der Waals surface area contributed by atoms with Crippen LogP contribution in [-0.2, 0) is 28.6 Å². The Morgan fingerprint density at radius 3 is 2.07 bits per heavy atom. The Bertz CT molecular complexity index is 1640. The van der Waals surface area contributed by atoms with E-state index in [1.54, 1.807) is 39.0 Å². The quantitative estimate of drug-likeness (QED) is 0.205. The van der Waals surface area contributed by atoms with E-state index in [1.165, 1.54) is 4.90 Å². The largest absolute Gasteiger partial charge is 0.463 e. The van der Waals surface area contributed by atoms with Gasteiger partial charge in [0.05, 0.1) is 42.4 Å². The first kappa shape index (κ1) is 30.6. The van der Waals surface area contributed by atoms with Gasteiger partial charge in [0, 0.05) is 16.6 Å². The number of rotatable bonds is 8. The highest BCUT2D eigenvalue weighted by atomic mass is 35.5. The van der Waals surface area contributed by atoms with Gasteiger partial charge in [0.2, 0.25) is 0 Å². The molecule has 0 bridgehead atoms. The van der Waals surface area contributed by atoms with E-state index in [-0.39, 0.29) is 53.2 Å². The first-order valence-corrected chi connectivity index (χ1v) is 14.1. The van der Waals surface area contributed by atoms with E-state index in [4.69, 9.17) is 31.5 Å². The Balaban J connectivity index is 2.17. The molecule has 1 atom stereocenters. The average Bonchev–Trinajstić information content (AvgIpc) is 2.94. The lowest BCUT2D eigenvalue weighted by atomic mass is 9.80. The van der Waals surface area contributed by atoms with Crippen molar-refractivity contribution in [3.8, 4) is 0 Å². The number of esters is 3. The molecule has 42 heavy (non-hydrogen) atoms. The zero-order valence-electron chi connectivity index (χ0n) is 24.5. The minimum absolute atomic E-state index is 0.00559. The van der Waals surface area contributed by atoms with Gasteiger partial charge < -0.3 is 19.9 Å². The van der Waals surface area contributed by atoms with E-state index in [9.17, 15) is 14.4 Å². The molecule has 1 aliphatic heterocycles. The summed E-state index contributed by atoms with van der Waals surface area (Å²) in [6, 6.07) is 12.8. The van der Waals surface area contributed by atoms with Crippen molar-refractivity contribution >= 4 is 46.1 Å². The first-order valence-electron chi connectivity index (χ1n) is 13.7. The van der Waals surface area contributed by atoms with Crippen LogP contribution >= 0.6 is 11.6 Å². The first-order chi connectivity index (χ1) is 20.0. The molecule has 1 aliphatic rings. The van der Waals surface area contributed by atoms with Crippen LogP contribution < -0.4 is 10.6 Å². The Morgan fingerprint density at radius 2 is 1.45 bits per heavy atom. The van der Waals surface area contributed by atoms with Gasteiger partial charge in [0.15, 0.2) is 0 Å². The summed E-state index contributed by atoms with van der Waals surface area (Å²) in [5, 5.41) is 0.740. The molecule has 10 heteroatoms. The van der Waals surface area contributed by atoms with E-state index < -0.39 is 23.8 Å². The van der Waals surface area contributed by atoms with Gasteiger partial charge in [0.1, 0.15) is 16.7 Å². The van der Waals surface area contributed by atoms with Crippen LogP contribution in [0.2, 0.25) is 5.15 Å². The minimum Gasteiger partial charge on any atom is -0.463 e. The van der Waals surface area contributed by atoms with Crippen molar-refractivity contribution in [3.63, 3.8) is 0 Å². The van der Waals surface area contributed by atoms with Gasteiger partial charge in [-0.05, 0) is 83.0 Å². The van der Waals surface area contributed by atoms with Crippen molar-refractivity contribution < 1.29 is 28.6 Å². The fourth-order valence-corrected chi connectivity index (χ4v) is 5.24. The van der Waals surface area contributed by atoms with Crippen LogP contribution in [0.25, 0.3) is 10.9 Å². The summed E-state index contributed by atoms with van der Waals surface area (Å²) >= 11 is 6.77. The Kier molecular flexibility index (Phi) is 9.21. The maximum Gasteiger partial charge on any atom is 0.355 e. The molecule has 2 heterocycles. The lowest BCUT2D eigenvalue weighted by Gasteiger charge is -2.37. The van der Waals surface area contributed by atoms with Gasteiger partial charge in [-0.3, -0.25) is 4.90 Å². The molecule has 9 nitrogen and oxygen atoms in total. The number of aryl methyl sites for hydroxylation is 3. The Labute approximate surface area is 249 Å². The standard InChI is InChI=1S/C32H34ClN3O6/c1-7-40-30(37)25-24(22-16-20-14-17(4)10-13-23(20)35-28(22)33)26(31(38)41-8-2)29(34)36(27(25)32(39)42-9-3)21-12-11-18(5)19(6)15-21/h10-16,24H,7-9,34H2,1-6H3. The molecule has 0 radical (unpaired) electrons. The number of nitrogens with two attached hydrogens (primary N) is 1. The highest BCUT2D eigenvalue weighted by Crippen LogP contribution is 2.46. The Hall–Kier alpha value is -4.37. The number of pyridine rings is 1. The topological polar surface area (TPSA) is 121 Å². The summed E-state index contributed by atoms with van der Waals surface area (Å²) in [6.07, 6.45) is 0. The molecule has 0 fully saturated rings. The normalized spacial score (nSPS) is 15.2. The molecule has 0 saturated carbocycles. The average molecular weight is 592 g/mol. The lowest BCUT2D eigenvalue weighted by Crippen LogP contribution is -2.43. The van der Waals surface area contributed by atoms with Crippen molar-refractivity contribution in [2.75, 3.05) is 24.7 Å². The number of carbonyl (C=O) groups excluding carboxylic acids is 3. The molecular weight excluding hydrogens is 558 g/mol. The van der Waals surface area contributed by atoms with Gasteiger partial charge in [-0.25, -0.2) is 19.4 Å².